The highest BCUT2D eigenvalue weighted by molar-refractivity contribution is 7.21. The summed E-state index contributed by atoms with van der Waals surface area (Å²) in [5.74, 6) is 0.915. The van der Waals surface area contributed by atoms with Crippen molar-refractivity contribution >= 4 is 32.9 Å². The molecular formula is C15H15N3S2. The zero-order chi connectivity index (χ0) is 13.4. The lowest BCUT2D eigenvalue weighted by Gasteiger charge is -1.98. The minimum Gasteiger partial charge on any atom is -0.310 e. The van der Waals surface area contributed by atoms with Crippen LogP contribution in [0.3, 0.4) is 0 Å². The molecule has 2 heterocycles. The zero-order valence-electron chi connectivity index (χ0n) is 11.0. The van der Waals surface area contributed by atoms with Gasteiger partial charge in [-0.3, -0.25) is 0 Å². The predicted octanol–water partition coefficient (Wildman–Crippen LogP) is 3.92. The summed E-state index contributed by atoms with van der Waals surface area (Å²) in [5, 5.41) is 7.78. The maximum absolute atomic E-state index is 4.70. The highest BCUT2D eigenvalue weighted by Gasteiger charge is 2.20. The van der Waals surface area contributed by atoms with Crippen LogP contribution in [0.2, 0.25) is 0 Å². The van der Waals surface area contributed by atoms with Crippen molar-refractivity contribution in [1.29, 1.82) is 0 Å². The predicted molar refractivity (Wildman–Crippen MR) is 85.2 cm³/mol. The number of thiazole rings is 2. The van der Waals surface area contributed by atoms with Crippen LogP contribution in [0, 0.1) is 5.92 Å². The molecule has 5 heteroatoms. The molecule has 0 aliphatic heterocycles. The summed E-state index contributed by atoms with van der Waals surface area (Å²) in [5.41, 5.74) is 2.08. The van der Waals surface area contributed by atoms with E-state index in [1.165, 1.54) is 17.5 Å². The Bertz CT molecular complexity index is 694. The van der Waals surface area contributed by atoms with Gasteiger partial charge < -0.3 is 5.32 Å². The van der Waals surface area contributed by atoms with Crippen LogP contribution in [-0.2, 0) is 6.54 Å². The molecule has 1 aromatic carbocycles. The second-order valence-corrected chi connectivity index (χ2v) is 7.16. The molecule has 4 rings (SSSR count). The number of rotatable bonds is 5. The highest BCUT2D eigenvalue weighted by Crippen LogP contribution is 2.31. The van der Waals surface area contributed by atoms with E-state index in [1.54, 1.807) is 22.7 Å². The number of hydrogen-bond acceptors (Lipinski definition) is 5. The van der Waals surface area contributed by atoms with Gasteiger partial charge >= 0.3 is 0 Å². The van der Waals surface area contributed by atoms with Gasteiger partial charge in [-0.1, -0.05) is 12.1 Å². The van der Waals surface area contributed by atoms with E-state index in [1.807, 2.05) is 6.07 Å². The zero-order valence-corrected chi connectivity index (χ0v) is 12.6. The van der Waals surface area contributed by atoms with Crippen molar-refractivity contribution in [2.24, 2.45) is 5.92 Å². The van der Waals surface area contributed by atoms with Crippen LogP contribution < -0.4 is 5.32 Å². The summed E-state index contributed by atoms with van der Waals surface area (Å²) in [4.78, 5) is 9.35. The van der Waals surface area contributed by atoms with E-state index in [-0.39, 0.29) is 0 Å². The van der Waals surface area contributed by atoms with Gasteiger partial charge in [0, 0.05) is 11.9 Å². The monoisotopic (exact) mass is 301 g/mol. The molecule has 3 aromatic rings. The second kappa shape index (κ2) is 5.24. The van der Waals surface area contributed by atoms with Gasteiger partial charge in [-0.15, -0.1) is 22.7 Å². The summed E-state index contributed by atoms with van der Waals surface area (Å²) < 4.78 is 1.23. The summed E-state index contributed by atoms with van der Waals surface area (Å²) in [6.07, 6.45) is 2.78. The van der Waals surface area contributed by atoms with E-state index < -0.39 is 0 Å². The lowest BCUT2D eigenvalue weighted by molar-refractivity contribution is 0.637. The van der Waals surface area contributed by atoms with Gasteiger partial charge in [0.2, 0.25) is 0 Å². The maximum Gasteiger partial charge on any atom is 0.143 e. The molecule has 2 aromatic heterocycles. The molecule has 1 aliphatic rings. The molecule has 1 aliphatic carbocycles. The van der Waals surface area contributed by atoms with Crippen molar-refractivity contribution in [3.63, 3.8) is 0 Å². The second-order valence-electron chi connectivity index (χ2n) is 5.19. The Labute approximate surface area is 125 Å². The molecule has 0 atom stereocenters. The first-order chi connectivity index (χ1) is 9.88. The average Bonchev–Trinajstić information content (AvgIpc) is 3.01. The SMILES string of the molecule is c1ccc2sc(-c3csc(CNCC4CC4)n3)nc2c1. The molecule has 0 radical (unpaired) electrons. The van der Waals surface area contributed by atoms with E-state index in [2.05, 4.69) is 33.9 Å². The number of hydrogen-bond donors (Lipinski definition) is 1. The van der Waals surface area contributed by atoms with E-state index in [4.69, 9.17) is 4.98 Å². The average molecular weight is 301 g/mol. The molecule has 0 bridgehead atoms. The van der Waals surface area contributed by atoms with Crippen molar-refractivity contribution in [2.45, 2.75) is 19.4 Å². The van der Waals surface area contributed by atoms with E-state index >= 15 is 0 Å². The summed E-state index contributed by atoms with van der Waals surface area (Å²) in [6, 6.07) is 8.25. The normalized spacial score (nSPS) is 15.0. The molecular weight excluding hydrogens is 286 g/mol. The largest absolute Gasteiger partial charge is 0.310 e. The van der Waals surface area contributed by atoms with Gasteiger partial charge in [0.25, 0.3) is 0 Å². The Morgan fingerprint density at radius 3 is 2.95 bits per heavy atom. The Morgan fingerprint density at radius 1 is 1.20 bits per heavy atom. The molecule has 0 saturated heterocycles. The first kappa shape index (κ1) is 12.4. The number of aromatic nitrogens is 2. The van der Waals surface area contributed by atoms with Crippen molar-refractivity contribution < 1.29 is 0 Å². The van der Waals surface area contributed by atoms with Gasteiger partial charge in [0.1, 0.15) is 15.7 Å². The number of benzene rings is 1. The summed E-state index contributed by atoms with van der Waals surface area (Å²) in [6.45, 7) is 2.02. The lowest BCUT2D eigenvalue weighted by Crippen LogP contribution is -2.15. The molecule has 3 nitrogen and oxygen atoms in total. The Hall–Kier alpha value is -1.30. The van der Waals surface area contributed by atoms with Gasteiger partial charge in [-0.25, -0.2) is 9.97 Å². The molecule has 0 unspecified atom stereocenters. The highest BCUT2D eigenvalue weighted by atomic mass is 32.1. The molecule has 20 heavy (non-hydrogen) atoms. The van der Waals surface area contributed by atoms with E-state index in [0.29, 0.717) is 0 Å². The first-order valence-electron chi connectivity index (χ1n) is 6.89. The Morgan fingerprint density at radius 2 is 2.10 bits per heavy atom. The fourth-order valence-electron chi connectivity index (χ4n) is 2.18. The maximum atomic E-state index is 4.70. The van der Waals surface area contributed by atoms with E-state index in [9.17, 15) is 0 Å². The molecule has 1 saturated carbocycles. The van der Waals surface area contributed by atoms with Crippen LogP contribution in [0.5, 0.6) is 0 Å². The van der Waals surface area contributed by atoms with Crippen LogP contribution in [0.4, 0.5) is 0 Å². The third kappa shape index (κ3) is 2.61. The summed E-state index contributed by atoms with van der Waals surface area (Å²) in [7, 11) is 0. The van der Waals surface area contributed by atoms with Crippen molar-refractivity contribution in [3.05, 3.63) is 34.7 Å². The minimum absolute atomic E-state index is 0.881. The first-order valence-corrected chi connectivity index (χ1v) is 8.59. The van der Waals surface area contributed by atoms with Crippen LogP contribution in [0.15, 0.2) is 29.6 Å². The van der Waals surface area contributed by atoms with Gasteiger partial charge in [-0.2, -0.15) is 0 Å². The standard InChI is InChI=1S/C15H15N3S2/c1-2-4-13-11(3-1)18-15(20-13)12-9-19-14(17-12)8-16-7-10-5-6-10/h1-4,9-10,16H,5-8H2. The molecule has 0 amide bonds. The molecule has 1 N–H and O–H groups in total. The van der Waals surface area contributed by atoms with Gasteiger partial charge in [-0.05, 0) is 37.4 Å². The Kier molecular flexibility index (Phi) is 3.26. The third-order valence-electron chi connectivity index (χ3n) is 3.47. The fourth-order valence-corrected chi connectivity index (χ4v) is 3.93. The number of nitrogens with zero attached hydrogens (tertiary/aromatic N) is 2. The van der Waals surface area contributed by atoms with Crippen LogP contribution in [0.25, 0.3) is 20.9 Å². The van der Waals surface area contributed by atoms with Gasteiger partial charge in [0.05, 0.1) is 10.2 Å². The molecule has 0 spiro atoms. The quantitative estimate of drug-likeness (QED) is 0.776. The smallest absolute Gasteiger partial charge is 0.143 e. The van der Waals surface area contributed by atoms with Crippen molar-refractivity contribution in [3.8, 4) is 10.7 Å². The van der Waals surface area contributed by atoms with Crippen molar-refractivity contribution in [2.75, 3.05) is 6.54 Å². The summed E-state index contributed by atoms with van der Waals surface area (Å²) >= 11 is 3.43. The molecule has 102 valence electrons. The Balaban J connectivity index is 1.51. The lowest BCUT2D eigenvalue weighted by atomic mass is 10.3. The van der Waals surface area contributed by atoms with Crippen LogP contribution in [0.1, 0.15) is 17.8 Å². The number of nitrogens with one attached hydrogen (secondary N) is 1. The molecule has 1 fully saturated rings. The number of fused-ring (bicyclic) bond motifs is 1. The topological polar surface area (TPSA) is 37.8 Å². The minimum atomic E-state index is 0.881. The van der Waals surface area contributed by atoms with E-state index in [0.717, 1.165) is 40.2 Å². The third-order valence-corrected chi connectivity index (χ3v) is 5.38. The van der Waals surface area contributed by atoms with Crippen molar-refractivity contribution in [1.82, 2.24) is 15.3 Å². The fraction of sp³-hybridized carbons (Fsp3) is 0.333. The number of para-hydroxylation sites is 1. The van der Waals surface area contributed by atoms with Gasteiger partial charge in [0.15, 0.2) is 0 Å². The van der Waals surface area contributed by atoms with Crippen LogP contribution in [-0.4, -0.2) is 16.5 Å². The van der Waals surface area contributed by atoms with Crippen LogP contribution >= 0.6 is 22.7 Å².